The molecule has 0 saturated heterocycles. The van der Waals surface area contributed by atoms with Gasteiger partial charge in [0, 0.05) is 0 Å². The number of methoxy groups -OCH3 is 1. The normalized spacial score (nSPS) is 10.1. The summed E-state index contributed by atoms with van der Waals surface area (Å²) in [4.78, 5) is 11.7. The lowest BCUT2D eigenvalue weighted by molar-refractivity contribution is 0.401. The summed E-state index contributed by atoms with van der Waals surface area (Å²) in [6.07, 6.45) is 2.69. The maximum absolute atomic E-state index is 4.95. The molecule has 0 radical (unpaired) electrons. The van der Waals surface area contributed by atoms with Crippen LogP contribution in [0.4, 0.5) is 0 Å². The molecule has 2 heterocycles. The van der Waals surface area contributed by atoms with Crippen LogP contribution in [0, 0.1) is 0 Å². The smallest absolute Gasteiger partial charge is 0.245 e. The number of hydrogen-bond donors (Lipinski definition) is 0. The summed E-state index contributed by atoms with van der Waals surface area (Å²) in [5.41, 5.74) is 0.958. The van der Waals surface area contributed by atoms with Gasteiger partial charge in [0.1, 0.15) is 12.7 Å². The Bertz CT molecular complexity index is 399. The molecule has 0 aliphatic heterocycles. The van der Waals surface area contributed by atoms with Gasteiger partial charge in [-0.05, 0) is 0 Å². The molecular formula is C6H5N5O. The largest absolute Gasteiger partial charge is 0.479 e. The molecule has 0 atom stereocenters. The van der Waals surface area contributed by atoms with E-state index in [9.17, 15) is 0 Å². The van der Waals surface area contributed by atoms with Crippen LogP contribution >= 0.6 is 0 Å². The van der Waals surface area contributed by atoms with Crippen molar-refractivity contribution in [3.63, 3.8) is 0 Å². The van der Waals surface area contributed by atoms with E-state index in [1.165, 1.54) is 19.8 Å². The third kappa shape index (κ3) is 0.931. The van der Waals surface area contributed by atoms with Gasteiger partial charge in [0.05, 0.1) is 7.11 Å². The van der Waals surface area contributed by atoms with Gasteiger partial charge in [0.25, 0.3) is 0 Å². The fourth-order valence-electron chi connectivity index (χ4n) is 0.853. The monoisotopic (exact) mass is 163 g/mol. The van der Waals surface area contributed by atoms with E-state index >= 15 is 0 Å². The Morgan fingerprint density at radius 1 is 1.17 bits per heavy atom. The van der Waals surface area contributed by atoms with Crippen molar-refractivity contribution in [2.75, 3.05) is 7.11 Å². The van der Waals surface area contributed by atoms with E-state index in [2.05, 4.69) is 25.1 Å². The minimum Gasteiger partial charge on any atom is -0.479 e. The second kappa shape index (κ2) is 2.65. The lowest BCUT2D eigenvalue weighted by atomic mass is 10.5. The Hall–Kier alpha value is -1.85. The minimum absolute atomic E-state index is 0.412. The minimum atomic E-state index is 0.412. The van der Waals surface area contributed by atoms with Gasteiger partial charge in [-0.3, -0.25) is 0 Å². The number of nitrogens with zero attached hydrogens (tertiary/aromatic N) is 5. The van der Waals surface area contributed by atoms with Gasteiger partial charge in [-0.15, -0.1) is 10.2 Å². The third-order valence-corrected chi connectivity index (χ3v) is 1.35. The molecule has 0 aromatic carbocycles. The summed E-state index contributed by atoms with van der Waals surface area (Å²) in [6.45, 7) is 0. The number of fused-ring (bicyclic) bond motifs is 1. The predicted octanol–water partition coefficient (Wildman–Crippen LogP) is -0.177. The predicted molar refractivity (Wildman–Crippen MR) is 39.5 cm³/mol. The summed E-state index contributed by atoms with van der Waals surface area (Å²) in [7, 11) is 1.52. The molecule has 0 unspecified atom stereocenters. The van der Waals surface area contributed by atoms with Gasteiger partial charge in [0.2, 0.25) is 11.5 Å². The van der Waals surface area contributed by atoms with Crippen molar-refractivity contribution in [2.45, 2.75) is 0 Å². The van der Waals surface area contributed by atoms with Crippen LogP contribution in [0.3, 0.4) is 0 Å². The topological polar surface area (TPSA) is 73.7 Å². The molecule has 6 heteroatoms. The summed E-state index contributed by atoms with van der Waals surface area (Å²) < 4.78 is 4.95. The average Bonchev–Trinajstić information content (AvgIpc) is 2.17. The first-order valence-electron chi connectivity index (χ1n) is 3.24. The lowest BCUT2D eigenvalue weighted by Gasteiger charge is -1.98. The standard InChI is InChI=1S/C6H5N5O/c1-12-6-4-5(8-2-9-6)11-10-3-7-4/h2-3H,1H3. The zero-order valence-corrected chi connectivity index (χ0v) is 6.30. The molecule has 2 aromatic heterocycles. The Balaban J connectivity index is 2.79. The van der Waals surface area contributed by atoms with Gasteiger partial charge in [-0.1, -0.05) is 0 Å². The van der Waals surface area contributed by atoms with Gasteiger partial charge in [0.15, 0.2) is 5.52 Å². The van der Waals surface area contributed by atoms with E-state index < -0.39 is 0 Å². The maximum Gasteiger partial charge on any atom is 0.245 e. The van der Waals surface area contributed by atoms with E-state index in [-0.39, 0.29) is 0 Å². The van der Waals surface area contributed by atoms with Gasteiger partial charge in [-0.2, -0.15) is 4.98 Å². The zero-order chi connectivity index (χ0) is 8.39. The molecule has 0 fully saturated rings. The third-order valence-electron chi connectivity index (χ3n) is 1.35. The summed E-state index contributed by atoms with van der Waals surface area (Å²) >= 11 is 0. The zero-order valence-electron chi connectivity index (χ0n) is 6.30. The first-order chi connectivity index (χ1) is 5.92. The van der Waals surface area contributed by atoms with Gasteiger partial charge >= 0.3 is 0 Å². The second-order valence-corrected chi connectivity index (χ2v) is 2.02. The van der Waals surface area contributed by atoms with Crippen LogP contribution in [0.2, 0.25) is 0 Å². The van der Waals surface area contributed by atoms with Crippen molar-refractivity contribution in [1.29, 1.82) is 0 Å². The van der Waals surface area contributed by atoms with Crippen molar-refractivity contribution in [1.82, 2.24) is 25.1 Å². The highest BCUT2D eigenvalue weighted by Gasteiger charge is 2.04. The SMILES string of the molecule is COc1ncnc2nncnc12. The number of aromatic nitrogens is 5. The highest BCUT2D eigenvalue weighted by Crippen LogP contribution is 2.13. The van der Waals surface area contributed by atoms with E-state index in [4.69, 9.17) is 4.74 Å². The van der Waals surface area contributed by atoms with Crippen molar-refractivity contribution in [3.05, 3.63) is 12.7 Å². The number of rotatable bonds is 1. The lowest BCUT2D eigenvalue weighted by Crippen LogP contribution is -1.95. The molecule has 2 aromatic rings. The van der Waals surface area contributed by atoms with Crippen LogP contribution in [0.5, 0.6) is 5.88 Å². The van der Waals surface area contributed by atoms with Crippen LogP contribution in [0.25, 0.3) is 11.2 Å². The average molecular weight is 163 g/mol. The summed E-state index contributed by atoms with van der Waals surface area (Å²) in [5.74, 6) is 0.412. The molecule has 2 rings (SSSR count). The van der Waals surface area contributed by atoms with E-state index in [0.29, 0.717) is 17.0 Å². The van der Waals surface area contributed by atoms with E-state index in [1.54, 1.807) is 0 Å². The van der Waals surface area contributed by atoms with Crippen LogP contribution in [0.1, 0.15) is 0 Å². The molecule has 60 valence electrons. The Morgan fingerprint density at radius 3 is 2.92 bits per heavy atom. The van der Waals surface area contributed by atoms with Gasteiger partial charge < -0.3 is 4.74 Å². The second-order valence-electron chi connectivity index (χ2n) is 2.02. The van der Waals surface area contributed by atoms with Crippen molar-refractivity contribution >= 4 is 11.2 Å². The first kappa shape index (κ1) is 6.84. The molecule has 0 saturated carbocycles. The van der Waals surface area contributed by atoms with E-state index in [1.807, 2.05) is 0 Å². The molecule has 6 nitrogen and oxygen atoms in total. The quantitative estimate of drug-likeness (QED) is 0.580. The van der Waals surface area contributed by atoms with Crippen molar-refractivity contribution < 1.29 is 4.74 Å². The summed E-state index contributed by atoms with van der Waals surface area (Å²) in [5, 5.41) is 7.33. The fraction of sp³-hybridized carbons (Fsp3) is 0.167. The molecule has 0 N–H and O–H groups in total. The number of ether oxygens (including phenoxy) is 1. The Kier molecular flexibility index (Phi) is 1.51. The Labute approximate surface area is 67.7 Å². The summed E-state index contributed by atoms with van der Waals surface area (Å²) in [6, 6.07) is 0. The molecule has 0 amide bonds. The highest BCUT2D eigenvalue weighted by molar-refractivity contribution is 5.73. The molecule has 0 aliphatic carbocycles. The van der Waals surface area contributed by atoms with Crippen LogP contribution < -0.4 is 4.74 Å². The Morgan fingerprint density at radius 2 is 2.08 bits per heavy atom. The van der Waals surface area contributed by atoms with E-state index in [0.717, 1.165) is 0 Å². The molecule has 0 aliphatic rings. The van der Waals surface area contributed by atoms with Crippen LogP contribution in [-0.4, -0.2) is 32.3 Å². The number of hydrogen-bond acceptors (Lipinski definition) is 6. The molecular weight excluding hydrogens is 158 g/mol. The van der Waals surface area contributed by atoms with Crippen LogP contribution in [0.15, 0.2) is 12.7 Å². The van der Waals surface area contributed by atoms with Gasteiger partial charge in [-0.25, -0.2) is 9.97 Å². The first-order valence-corrected chi connectivity index (χ1v) is 3.24. The van der Waals surface area contributed by atoms with Crippen molar-refractivity contribution in [3.8, 4) is 5.88 Å². The maximum atomic E-state index is 4.95. The van der Waals surface area contributed by atoms with Crippen LogP contribution in [-0.2, 0) is 0 Å². The molecule has 12 heavy (non-hydrogen) atoms. The molecule has 0 bridgehead atoms. The fourth-order valence-corrected chi connectivity index (χ4v) is 0.853. The highest BCUT2D eigenvalue weighted by atomic mass is 16.5. The van der Waals surface area contributed by atoms with Crippen molar-refractivity contribution in [2.24, 2.45) is 0 Å². The molecule has 0 spiro atoms.